The second-order valence-electron chi connectivity index (χ2n) is 3.51. The molecule has 0 saturated carbocycles. The van der Waals surface area contributed by atoms with E-state index in [0.29, 0.717) is 11.6 Å². The van der Waals surface area contributed by atoms with E-state index in [2.05, 4.69) is 4.99 Å². The number of hydrogen-bond donors (Lipinski definition) is 3. The van der Waals surface area contributed by atoms with Crippen LogP contribution in [0.25, 0.3) is 0 Å². The van der Waals surface area contributed by atoms with Gasteiger partial charge in [0.2, 0.25) is 0 Å². The van der Waals surface area contributed by atoms with Gasteiger partial charge in [0.25, 0.3) is 0 Å². The van der Waals surface area contributed by atoms with Crippen molar-refractivity contribution in [2.24, 2.45) is 10.7 Å². The minimum atomic E-state index is -0.868. The summed E-state index contributed by atoms with van der Waals surface area (Å²) in [5.74, 6) is 0. The first-order chi connectivity index (χ1) is 6.63. The summed E-state index contributed by atoms with van der Waals surface area (Å²) in [5, 5.41) is 19.9. The van der Waals surface area contributed by atoms with Crippen molar-refractivity contribution in [2.75, 3.05) is 0 Å². The van der Waals surface area contributed by atoms with Gasteiger partial charge in [-0.15, -0.1) is 0 Å². The Morgan fingerprint density at radius 1 is 1.50 bits per heavy atom. The molecule has 2 rings (SSSR count). The van der Waals surface area contributed by atoms with E-state index < -0.39 is 18.2 Å². The van der Waals surface area contributed by atoms with Crippen LogP contribution in [0.5, 0.6) is 0 Å². The van der Waals surface area contributed by atoms with Gasteiger partial charge in [0, 0.05) is 0 Å². The van der Waals surface area contributed by atoms with Crippen LogP contribution in [0.3, 0.4) is 0 Å². The van der Waals surface area contributed by atoms with E-state index in [9.17, 15) is 10.2 Å². The first-order valence-electron chi connectivity index (χ1n) is 4.65. The third-order valence-electron chi connectivity index (χ3n) is 2.58. The molecule has 0 amide bonds. The molecule has 2 aliphatic heterocycles. The SMILES string of the molecule is CCC1OC2SC(N)=NC2C(O)C1O. The molecule has 2 heterocycles. The zero-order chi connectivity index (χ0) is 10.3. The number of nitrogens with two attached hydrogens (primary N) is 1. The maximum Gasteiger partial charge on any atom is 0.157 e. The lowest BCUT2D eigenvalue weighted by atomic mass is 9.97. The molecule has 4 N–H and O–H groups in total. The lowest BCUT2D eigenvalue weighted by Gasteiger charge is -2.37. The Morgan fingerprint density at radius 2 is 2.21 bits per heavy atom. The molecule has 0 aliphatic carbocycles. The topological polar surface area (TPSA) is 88.1 Å². The van der Waals surface area contributed by atoms with Crippen LogP contribution in [0, 0.1) is 0 Å². The van der Waals surface area contributed by atoms with E-state index in [1.54, 1.807) is 0 Å². The number of nitrogens with zero attached hydrogens (tertiary/aromatic N) is 1. The number of hydrogen-bond acceptors (Lipinski definition) is 6. The molecule has 0 bridgehead atoms. The fourth-order valence-corrected chi connectivity index (χ4v) is 2.77. The van der Waals surface area contributed by atoms with E-state index in [1.807, 2.05) is 6.92 Å². The molecule has 1 fully saturated rings. The van der Waals surface area contributed by atoms with E-state index in [0.717, 1.165) is 0 Å². The van der Waals surface area contributed by atoms with E-state index >= 15 is 0 Å². The summed E-state index contributed by atoms with van der Waals surface area (Å²) in [4.78, 5) is 4.03. The second kappa shape index (κ2) is 3.69. The highest BCUT2D eigenvalue weighted by Gasteiger charge is 2.47. The second-order valence-corrected chi connectivity index (χ2v) is 4.63. The van der Waals surface area contributed by atoms with Gasteiger partial charge in [-0.3, -0.25) is 4.99 Å². The van der Waals surface area contributed by atoms with Crippen LogP contribution < -0.4 is 5.73 Å². The van der Waals surface area contributed by atoms with Gasteiger partial charge in [-0.1, -0.05) is 18.7 Å². The molecule has 5 nitrogen and oxygen atoms in total. The van der Waals surface area contributed by atoms with Crippen LogP contribution in [-0.4, -0.2) is 45.2 Å². The summed E-state index contributed by atoms with van der Waals surface area (Å²) in [7, 11) is 0. The predicted octanol–water partition coefficient (Wildman–Crippen LogP) is -0.727. The van der Waals surface area contributed by atoms with Crippen LogP contribution in [0.2, 0.25) is 0 Å². The highest BCUT2D eigenvalue weighted by Crippen LogP contribution is 2.35. The third kappa shape index (κ3) is 1.52. The number of ether oxygens (including phenoxy) is 1. The Bertz CT molecular complexity index is 261. The number of fused-ring (bicyclic) bond motifs is 1. The molecule has 0 aromatic rings. The van der Waals surface area contributed by atoms with E-state index in [1.165, 1.54) is 11.8 Å². The first kappa shape index (κ1) is 10.2. The predicted molar refractivity (Wildman–Crippen MR) is 54.0 cm³/mol. The Balaban J connectivity index is 2.14. The fraction of sp³-hybridized carbons (Fsp3) is 0.875. The summed E-state index contributed by atoms with van der Waals surface area (Å²) >= 11 is 1.31. The molecule has 0 radical (unpaired) electrons. The minimum Gasteiger partial charge on any atom is -0.388 e. The molecular formula is C8H14N2O3S. The molecular weight excluding hydrogens is 204 g/mol. The summed E-state index contributed by atoms with van der Waals surface area (Å²) < 4.78 is 5.57. The maximum atomic E-state index is 9.76. The Kier molecular flexibility index (Phi) is 2.70. The van der Waals surface area contributed by atoms with Gasteiger partial charge in [-0.05, 0) is 6.42 Å². The lowest BCUT2D eigenvalue weighted by molar-refractivity contribution is -0.153. The van der Waals surface area contributed by atoms with Gasteiger partial charge < -0.3 is 20.7 Å². The van der Waals surface area contributed by atoms with Crippen molar-refractivity contribution in [3.8, 4) is 0 Å². The van der Waals surface area contributed by atoms with Crippen molar-refractivity contribution < 1.29 is 14.9 Å². The largest absolute Gasteiger partial charge is 0.388 e. The third-order valence-corrected chi connectivity index (χ3v) is 3.55. The number of aliphatic imine (C=N–C) groups is 1. The van der Waals surface area contributed by atoms with Crippen molar-refractivity contribution in [1.82, 2.24) is 0 Å². The number of aliphatic hydroxyl groups is 2. The molecule has 2 aliphatic rings. The molecule has 80 valence electrons. The van der Waals surface area contributed by atoms with Gasteiger partial charge in [-0.2, -0.15) is 0 Å². The number of amidine groups is 1. The van der Waals surface area contributed by atoms with Crippen molar-refractivity contribution in [3.63, 3.8) is 0 Å². The number of thioether (sulfide) groups is 1. The van der Waals surface area contributed by atoms with Gasteiger partial charge in [0.15, 0.2) is 5.17 Å². The Hall–Kier alpha value is -0.300. The Morgan fingerprint density at radius 3 is 2.86 bits per heavy atom. The van der Waals surface area contributed by atoms with Crippen molar-refractivity contribution in [1.29, 1.82) is 0 Å². The van der Waals surface area contributed by atoms with Gasteiger partial charge in [0.1, 0.15) is 23.7 Å². The average molecular weight is 218 g/mol. The van der Waals surface area contributed by atoms with Crippen LogP contribution in [0.1, 0.15) is 13.3 Å². The molecule has 0 aromatic carbocycles. The molecule has 14 heavy (non-hydrogen) atoms. The van der Waals surface area contributed by atoms with Crippen LogP contribution in [0.4, 0.5) is 0 Å². The normalized spacial score (nSPS) is 47.4. The number of rotatable bonds is 1. The lowest BCUT2D eigenvalue weighted by Crippen LogP contribution is -2.54. The number of aliphatic hydroxyl groups excluding tert-OH is 2. The molecule has 1 saturated heterocycles. The molecule has 5 unspecified atom stereocenters. The van der Waals surface area contributed by atoms with Crippen LogP contribution >= 0.6 is 11.8 Å². The first-order valence-corrected chi connectivity index (χ1v) is 5.53. The van der Waals surface area contributed by atoms with Gasteiger partial charge >= 0.3 is 0 Å². The summed E-state index contributed by atoms with van der Waals surface area (Å²) in [6, 6.07) is -0.419. The minimum absolute atomic E-state index is 0.238. The molecule has 5 atom stereocenters. The highest BCUT2D eigenvalue weighted by atomic mass is 32.2. The fourth-order valence-electron chi connectivity index (χ4n) is 1.79. The molecule has 6 heteroatoms. The van der Waals surface area contributed by atoms with E-state index in [4.69, 9.17) is 10.5 Å². The van der Waals surface area contributed by atoms with Crippen LogP contribution in [0.15, 0.2) is 4.99 Å². The zero-order valence-corrected chi connectivity index (χ0v) is 8.65. The summed E-state index contributed by atoms with van der Waals surface area (Å²) in [6.07, 6.45) is -1.38. The van der Waals surface area contributed by atoms with Crippen molar-refractivity contribution >= 4 is 16.9 Å². The van der Waals surface area contributed by atoms with Gasteiger partial charge in [-0.25, -0.2) is 0 Å². The van der Waals surface area contributed by atoms with Crippen molar-refractivity contribution in [2.45, 2.75) is 43.1 Å². The van der Waals surface area contributed by atoms with Crippen molar-refractivity contribution in [3.05, 3.63) is 0 Å². The quantitative estimate of drug-likeness (QED) is 0.540. The zero-order valence-electron chi connectivity index (χ0n) is 7.83. The monoisotopic (exact) mass is 218 g/mol. The molecule has 0 aromatic heterocycles. The average Bonchev–Trinajstić information content (AvgIpc) is 2.52. The molecule has 0 spiro atoms. The standard InChI is InChI=1S/C8H14N2O3S/c1-2-3-5(11)6(12)4-7(13-3)14-8(9)10-4/h3-7,11-12H,2H2,1H3,(H2,9,10). The van der Waals surface area contributed by atoms with E-state index in [-0.39, 0.29) is 11.5 Å². The van der Waals surface area contributed by atoms with Crippen LogP contribution in [-0.2, 0) is 4.74 Å². The maximum absolute atomic E-state index is 9.76. The summed E-state index contributed by atoms with van der Waals surface area (Å²) in [6.45, 7) is 1.91. The van der Waals surface area contributed by atoms with Gasteiger partial charge in [0.05, 0.1) is 6.10 Å². The smallest absolute Gasteiger partial charge is 0.157 e. The Labute approximate surface area is 86.3 Å². The highest BCUT2D eigenvalue weighted by molar-refractivity contribution is 8.14. The summed E-state index contributed by atoms with van der Waals surface area (Å²) in [5.41, 5.74) is 5.29.